The molecule has 0 aliphatic carbocycles. The second-order valence-electron chi connectivity index (χ2n) is 6.42. The molecule has 1 N–H and O–H groups in total. The van der Waals surface area contributed by atoms with E-state index in [0.717, 1.165) is 5.56 Å². The molecule has 0 spiro atoms. The van der Waals surface area contributed by atoms with E-state index in [2.05, 4.69) is 31.4 Å². The van der Waals surface area contributed by atoms with Gasteiger partial charge in [0.2, 0.25) is 11.8 Å². The quantitative estimate of drug-likeness (QED) is 0.368. The van der Waals surface area contributed by atoms with Gasteiger partial charge < -0.3 is 4.52 Å². The fraction of sp³-hybridized carbons (Fsp3) is 0.0455. The van der Waals surface area contributed by atoms with E-state index in [4.69, 9.17) is 16.1 Å². The van der Waals surface area contributed by atoms with E-state index in [9.17, 15) is 9.18 Å². The highest BCUT2D eigenvalue weighted by atomic mass is 79.9. The predicted octanol–water partition coefficient (Wildman–Crippen LogP) is 6.14. The van der Waals surface area contributed by atoms with Crippen molar-refractivity contribution < 1.29 is 13.7 Å². The first kappa shape index (κ1) is 20.3. The molecule has 4 aromatic rings. The Labute approximate surface area is 185 Å². The summed E-state index contributed by atoms with van der Waals surface area (Å²) in [6.45, 7) is 0. The standard InChI is InChI=1S/C22H14BrClFN3O2/c23-16-11-15(5-6-18(16)25)21-20(13-7-9-26-10-8-13)22(30-28-21)27-19(29)12-14-3-1-2-4-17(14)24/h1-11H,12H2,(H,27,29). The lowest BCUT2D eigenvalue weighted by Gasteiger charge is -2.07. The van der Waals surface area contributed by atoms with Gasteiger partial charge in [0.15, 0.2) is 0 Å². The molecule has 0 aliphatic rings. The normalized spacial score (nSPS) is 10.8. The second-order valence-corrected chi connectivity index (χ2v) is 7.68. The van der Waals surface area contributed by atoms with Gasteiger partial charge in [0, 0.05) is 23.0 Å². The topological polar surface area (TPSA) is 68.0 Å². The summed E-state index contributed by atoms with van der Waals surface area (Å²) in [4.78, 5) is 16.7. The number of anilines is 1. The molecular weight excluding hydrogens is 473 g/mol. The zero-order valence-corrected chi connectivity index (χ0v) is 17.7. The van der Waals surface area contributed by atoms with Crippen LogP contribution in [0.15, 0.2) is 76.0 Å². The van der Waals surface area contributed by atoms with E-state index in [1.165, 1.54) is 6.07 Å². The molecule has 0 radical (unpaired) electrons. The Morgan fingerprint density at radius 2 is 1.87 bits per heavy atom. The summed E-state index contributed by atoms with van der Waals surface area (Å²) in [5.74, 6) is -0.504. The van der Waals surface area contributed by atoms with Crippen molar-refractivity contribution in [3.63, 3.8) is 0 Å². The Balaban J connectivity index is 1.71. The smallest absolute Gasteiger partial charge is 0.239 e. The Kier molecular flexibility index (Phi) is 5.92. The summed E-state index contributed by atoms with van der Waals surface area (Å²) < 4.78 is 19.5. The fourth-order valence-electron chi connectivity index (χ4n) is 2.99. The Hall–Kier alpha value is -3.03. The molecule has 0 fully saturated rings. The molecule has 2 aromatic heterocycles. The number of halogens is 3. The molecule has 0 saturated carbocycles. The summed E-state index contributed by atoms with van der Waals surface area (Å²) in [5, 5.41) is 7.41. The van der Waals surface area contributed by atoms with Crippen molar-refractivity contribution in [2.24, 2.45) is 0 Å². The maximum absolute atomic E-state index is 13.7. The van der Waals surface area contributed by atoms with Crippen molar-refractivity contribution >= 4 is 39.3 Å². The van der Waals surface area contributed by atoms with E-state index >= 15 is 0 Å². The number of carbonyl (C=O) groups is 1. The number of hydrogen-bond donors (Lipinski definition) is 1. The van der Waals surface area contributed by atoms with Crippen molar-refractivity contribution in [2.45, 2.75) is 6.42 Å². The van der Waals surface area contributed by atoms with Crippen LogP contribution in [0.1, 0.15) is 5.56 Å². The molecule has 8 heteroatoms. The molecule has 0 bridgehead atoms. The van der Waals surface area contributed by atoms with Gasteiger partial charge in [-0.05, 0) is 63.5 Å². The third kappa shape index (κ3) is 4.27. The first-order chi connectivity index (χ1) is 14.5. The lowest BCUT2D eigenvalue weighted by molar-refractivity contribution is -0.115. The van der Waals surface area contributed by atoms with E-state index in [-0.39, 0.29) is 24.0 Å². The van der Waals surface area contributed by atoms with Crippen LogP contribution in [0.5, 0.6) is 0 Å². The number of nitrogens with zero attached hydrogens (tertiary/aromatic N) is 2. The predicted molar refractivity (Wildman–Crippen MR) is 117 cm³/mol. The number of pyridine rings is 1. The number of rotatable bonds is 5. The van der Waals surface area contributed by atoms with Gasteiger partial charge in [-0.25, -0.2) is 4.39 Å². The number of benzene rings is 2. The summed E-state index contributed by atoms with van der Waals surface area (Å²) in [6, 6.07) is 15.2. The molecule has 0 unspecified atom stereocenters. The highest BCUT2D eigenvalue weighted by Crippen LogP contribution is 2.38. The SMILES string of the molecule is O=C(Cc1ccccc1Cl)Nc1onc(-c2ccc(F)c(Br)c2)c1-c1ccncc1. The lowest BCUT2D eigenvalue weighted by atomic mass is 10.0. The molecule has 5 nitrogen and oxygen atoms in total. The van der Waals surface area contributed by atoms with Gasteiger partial charge in [-0.3, -0.25) is 15.1 Å². The summed E-state index contributed by atoms with van der Waals surface area (Å²) in [6.07, 6.45) is 3.33. The largest absolute Gasteiger partial charge is 0.337 e. The molecule has 1 amide bonds. The molecule has 30 heavy (non-hydrogen) atoms. The highest BCUT2D eigenvalue weighted by Gasteiger charge is 2.22. The van der Waals surface area contributed by atoms with Gasteiger partial charge in [-0.15, -0.1) is 0 Å². The molecule has 0 saturated heterocycles. The Bertz CT molecular complexity index is 1210. The lowest BCUT2D eigenvalue weighted by Crippen LogP contribution is -2.14. The molecule has 0 atom stereocenters. The first-order valence-electron chi connectivity index (χ1n) is 8.91. The van der Waals surface area contributed by atoms with Gasteiger partial charge in [0.1, 0.15) is 11.5 Å². The number of carbonyl (C=O) groups excluding carboxylic acids is 1. The molecule has 2 aromatic carbocycles. The first-order valence-corrected chi connectivity index (χ1v) is 10.1. The Morgan fingerprint density at radius 3 is 2.60 bits per heavy atom. The maximum Gasteiger partial charge on any atom is 0.239 e. The fourth-order valence-corrected chi connectivity index (χ4v) is 3.57. The maximum atomic E-state index is 13.7. The van der Waals surface area contributed by atoms with Crippen molar-refractivity contribution in [3.05, 3.63) is 87.9 Å². The van der Waals surface area contributed by atoms with Gasteiger partial charge in [-0.1, -0.05) is 35.0 Å². The van der Waals surface area contributed by atoms with Crippen LogP contribution >= 0.6 is 27.5 Å². The third-order valence-electron chi connectivity index (χ3n) is 4.42. The van der Waals surface area contributed by atoms with Gasteiger partial charge >= 0.3 is 0 Å². The molecular formula is C22H14BrClFN3O2. The molecule has 4 rings (SSSR count). The number of aromatic nitrogens is 2. The average molecular weight is 487 g/mol. The minimum atomic E-state index is -0.388. The van der Waals surface area contributed by atoms with Crippen molar-refractivity contribution in [1.82, 2.24) is 10.1 Å². The van der Waals surface area contributed by atoms with Crippen LogP contribution in [-0.4, -0.2) is 16.0 Å². The van der Waals surface area contributed by atoms with Crippen LogP contribution in [0.3, 0.4) is 0 Å². The van der Waals surface area contributed by atoms with Crippen molar-refractivity contribution in [1.29, 1.82) is 0 Å². The van der Waals surface area contributed by atoms with Crippen LogP contribution in [0.4, 0.5) is 10.3 Å². The summed E-state index contributed by atoms with van der Waals surface area (Å²) >= 11 is 9.34. The van der Waals surface area contributed by atoms with Gasteiger partial charge in [-0.2, -0.15) is 0 Å². The molecule has 2 heterocycles. The van der Waals surface area contributed by atoms with E-state index in [1.54, 1.807) is 54.9 Å². The van der Waals surface area contributed by atoms with E-state index in [0.29, 0.717) is 31.9 Å². The summed E-state index contributed by atoms with van der Waals surface area (Å²) in [7, 11) is 0. The number of nitrogens with one attached hydrogen (secondary N) is 1. The average Bonchev–Trinajstić information content (AvgIpc) is 3.15. The molecule has 150 valence electrons. The zero-order chi connectivity index (χ0) is 21.1. The van der Waals surface area contributed by atoms with Gasteiger partial charge in [0.25, 0.3) is 0 Å². The van der Waals surface area contributed by atoms with E-state index in [1.807, 2.05) is 6.07 Å². The monoisotopic (exact) mass is 485 g/mol. The van der Waals surface area contributed by atoms with E-state index < -0.39 is 0 Å². The van der Waals surface area contributed by atoms with Crippen LogP contribution in [0.2, 0.25) is 5.02 Å². The zero-order valence-electron chi connectivity index (χ0n) is 15.4. The van der Waals surface area contributed by atoms with Crippen molar-refractivity contribution in [2.75, 3.05) is 5.32 Å². The third-order valence-corrected chi connectivity index (χ3v) is 5.39. The van der Waals surface area contributed by atoms with Crippen LogP contribution in [0.25, 0.3) is 22.4 Å². The van der Waals surface area contributed by atoms with Crippen LogP contribution in [0, 0.1) is 5.82 Å². The van der Waals surface area contributed by atoms with Crippen LogP contribution in [-0.2, 0) is 11.2 Å². The Morgan fingerprint density at radius 1 is 1.10 bits per heavy atom. The number of hydrogen-bond acceptors (Lipinski definition) is 4. The van der Waals surface area contributed by atoms with Gasteiger partial charge in [0.05, 0.1) is 16.5 Å². The second kappa shape index (κ2) is 8.77. The van der Waals surface area contributed by atoms with Crippen molar-refractivity contribution in [3.8, 4) is 22.4 Å². The highest BCUT2D eigenvalue weighted by molar-refractivity contribution is 9.10. The minimum Gasteiger partial charge on any atom is -0.337 e. The molecule has 0 aliphatic heterocycles. The number of amides is 1. The van der Waals surface area contributed by atoms with Crippen LogP contribution < -0.4 is 5.32 Å². The summed E-state index contributed by atoms with van der Waals surface area (Å²) in [5.41, 5.74) is 3.11. The minimum absolute atomic E-state index is 0.0770.